The molecular formula is C18H21F3N2O5. The Labute approximate surface area is 159 Å². The average Bonchev–Trinajstić information content (AvgIpc) is 2.88. The van der Waals surface area contributed by atoms with Gasteiger partial charge in [-0.3, -0.25) is 14.5 Å². The van der Waals surface area contributed by atoms with Crippen molar-refractivity contribution >= 4 is 23.7 Å². The molecule has 0 unspecified atom stereocenters. The van der Waals surface area contributed by atoms with Crippen LogP contribution in [0.1, 0.15) is 38.4 Å². The Hall–Kier alpha value is -2.65. The van der Waals surface area contributed by atoms with Gasteiger partial charge in [0.2, 0.25) is 5.91 Å². The van der Waals surface area contributed by atoms with Crippen molar-refractivity contribution in [1.29, 1.82) is 0 Å². The quantitative estimate of drug-likeness (QED) is 0.723. The Kier molecular flexibility index (Phi) is 5.72. The molecule has 1 saturated heterocycles. The molecular weight excluding hydrogens is 381 g/mol. The van der Waals surface area contributed by atoms with Crippen LogP contribution in [0.25, 0.3) is 0 Å². The number of methoxy groups -OCH3 is 1. The number of ether oxygens (including phenoxy) is 2. The highest BCUT2D eigenvalue weighted by atomic mass is 19.4. The largest absolute Gasteiger partial charge is 0.469 e. The van der Waals surface area contributed by atoms with Crippen LogP contribution in [0.4, 0.5) is 19.0 Å². The second-order valence-corrected chi connectivity index (χ2v) is 7.43. The Morgan fingerprint density at radius 1 is 1.18 bits per heavy atom. The lowest BCUT2D eigenvalue weighted by atomic mass is 10.00. The molecule has 1 aromatic heterocycles. The molecule has 2 atom stereocenters. The number of esters is 2. The summed E-state index contributed by atoms with van der Waals surface area (Å²) >= 11 is 0. The van der Waals surface area contributed by atoms with Gasteiger partial charge in [0, 0.05) is 12.1 Å². The second kappa shape index (κ2) is 7.40. The molecule has 154 valence electrons. The fraction of sp³-hybridized carbons (Fsp3) is 0.556. The van der Waals surface area contributed by atoms with E-state index in [0.29, 0.717) is 6.07 Å². The van der Waals surface area contributed by atoms with E-state index in [4.69, 9.17) is 4.74 Å². The predicted molar refractivity (Wildman–Crippen MR) is 91.2 cm³/mol. The van der Waals surface area contributed by atoms with Crippen molar-refractivity contribution < 1.29 is 37.0 Å². The molecule has 0 N–H and O–H groups in total. The fourth-order valence-corrected chi connectivity index (χ4v) is 2.94. The van der Waals surface area contributed by atoms with Gasteiger partial charge in [-0.1, -0.05) is 0 Å². The van der Waals surface area contributed by atoms with Crippen molar-refractivity contribution in [2.24, 2.45) is 5.92 Å². The molecule has 0 aromatic carbocycles. The Bertz CT molecular complexity index is 801. The van der Waals surface area contributed by atoms with Crippen molar-refractivity contribution in [3.63, 3.8) is 0 Å². The van der Waals surface area contributed by atoms with Gasteiger partial charge in [-0.05, 0) is 39.8 Å². The molecule has 2 rings (SSSR count). The van der Waals surface area contributed by atoms with Gasteiger partial charge in [-0.2, -0.15) is 13.2 Å². The van der Waals surface area contributed by atoms with Crippen LogP contribution in [-0.4, -0.2) is 41.6 Å². The first-order chi connectivity index (χ1) is 12.7. The van der Waals surface area contributed by atoms with Crippen LogP contribution in [0.5, 0.6) is 0 Å². The molecule has 1 aliphatic rings. The molecule has 28 heavy (non-hydrogen) atoms. The maximum absolute atomic E-state index is 13.2. The topological polar surface area (TPSA) is 85.8 Å². The zero-order chi connectivity index (χ0) is 21.4. The predicted octanol–water partition coefficient (Wildman–Crippen LogP) is 2.65. The molecule has 7 nitrogen and oxygen atoms in total. The second-order valence-electron chi connectivity index (χ2n) is 7.43. The number of rotatable bonds is 3. The van der Waals surface area contributed by atoms with E-state index in [1.807, 2.05) is 0 Å². The van der Waals surface area contributed by atoms with Gasteiger partial charge in [0.25, 0.3) is 0 Å². The van der Waals surface area contributed by atoms with Gasteiger partial charge in [0.1, 0.15) is 17.5 Å². The summed E-state index contributed by atoms with van der Waals surface area (Å²) in [4.78, 5) is 42.1. The molecule has 1 amide bonds. The first-order valence-corrected chi connectivity index (χ1v) is 8.43. The molecule has 2 heterocycles. The van der Waals surface area contributed by atoms with Gasteiger partial charge < -0.3 is 9.47 Å². The monoisotopic (exact) mass is 402 g/mol. The van der Waals surface area contributed by atoms with Crippen molar-refractivity contribution in [3.05, 3.63) is 23.4 Å². The van der Waals surface area contributed by atoms with Crippen LogP contribution < -0.4 is 4.90 Å². The van der Waals surface area contributed by atoms with E-state index >= 15 is 0 Å². The number of carbonyl (C=O) groups excluding carboxylic acids is 3. The van der Waals surface area contributed by atoms with Crippen molar-refractivity contribution in [1.82, 2.24) is 4.98 Å². The Morgan fingerprint density at radius 3 is 2.29 bits per heavy atom. The summed E-state index contributed by atoms with van der Waals surface area (Å²) in [5.41, 5.74) is -1.96. The number of anilines is 1. The summed E-state index contributed by atoms with van der Waals surface area (Å²) in [6.45, 7) is 6.10. The smallest absolute Gasteiger partial charge is 0.416 e. The van der Waals surface area contributed by atoms with Crippen LogP contribution in [-0.2, 0) is 30.0 Å². The van der Waals surface area contributed by atoms with Crippen LogP contribution in [0.2, 0.25) is 0 Å². The zero-order valence-corrected chi connectivity index (χ0v) is 16.1. The first kappa shape index (κ1) is 21.6. The van der Waals surface area contributed by atoms with Crippen LogP contribution in [0.3, 0.4) is 0 Å². The van der Waals surface area contributed by atoms with Gasteiger partial charge >= 0.3 is 18.1 Å². The summed E-state index contributed by atoms with van der Waals surface area (Å²) in [5.74, 6) is -4.08. The van der Waals surface area contributed by atoms with Crippen LogP contribution >= 0.6 is 0 Å². The maximum Gasteiger partial charge on any atom is 0.416 e. The van der Waals surface area contributed by atoms with E-state index in [1.54, 1.807) is 20.8 Å². The number of aryl methyl sites for hydroxylation is 1. The first-order valence-electron chi connectivity index (χ1n) is 8.43. The Balaban J connectivity index is 2.56. The van der Waals surface area contributed by atoms with Crippen molar-refractivity contribution in [3.8, 4) is 0 Å². The van der Waals surface area contributed by atoms with E-state index < -0.39 is 53.6 Å². The molecule has 0 spiro atoms. The lowest BCUT2D eigenvalue weighted by Gasteiger charge is -2.29. The average molecular weight is 402 g/mol. The number of hydrogen-bond donors (Lipinski definition) is 0. The number of nitrogens with zero attached hydrogens (tertiary/aromatic N) is 2. The number of halogens is 3. The Morgan fingerprint density at radius 2 is 1.79 bits per heavy atom. The number of hydrogen-bond acceptors (Lipinski definition) is 6. The summed E-state index contributed by atoms with van der Waals surface area (Å²) in [6.07, 6.45) is -5.08. The van der Waals surface area contributed by atoms with E-state index in [0.717, 1.165) is 18.1 Å². The third kappa shape index (κ3) is 4.60. The SMILES string of the molecule is COC(=O)[C@H]1CC(=O)N(c2cc(C(F)(F)F)cc(C)n2)[C@@H]1C(=O)OC(C)(C)C. The summed E-state index contributed by atoms with van der Waals surface area (Å²) in [7, 11) is 1.09. The summed E-state index contributed by atoms with van der Waals surface area (Å²) < 4.78 is 49.5. The normalized spacial score (nSPS) is 20.3. The van der Waals surface area contributed by atoms with E-state index in [1.165, 1.54) is 6.92 Å². The molecule has 0 aliphatic carbocycles. The summed E-state index contributed by atoms with van der Waals surface area (Å²) in [6, 6.07) is 0.0150. The van der Waals surface area contributed by atoms with Gasteiger partial charge in [-0.25, -0.2) is 9.78 Å². The molecule has 10 heteroatoms. The van der Waals surface area contributed by atoms with Crippen molar-refractivity contribution in [2.45, 2.75) is 51.9 Å². The highest BCUT2D eigenvalue weighted by Crippen LogP contribution is 2.36. The number of amides is 1. The zero-order valence-electron chi connectivity index (χ0n) is 16.1. The van der Waals surface area contributed by atoms with Crippen LogP contribution in [0.15, 0.2) is 12.1 Å². The van der Waals surface area contributed by atoms with E-state index in [-0.39, 0.29) is 11.5 Å². The number of alkyl halides is 3. The summed E-state index contributed by atoms with van der Waals surface area (Å²) in [5, 5.41) is 0. The number of carbonyl (C=O) groups is 3. The van der Waals surface area contributed by atoms with Gasteiger partial charge in [0.05, 0.1) is 18.6 Å². The van der Waals surface area contributed by atoms with Gasteiger partial charge in [0.15, 0.2) is 0 Å². The number of pyridine rings is 1. The third-order valence-corrected chi connectivity index (χ3v) is 3.99. The van der Waals surface area contributed by atoms with Crippen LogP contribution in [0, 0.1) is 12.8 Å². The lowest BCUT2D eigenvalue weighted by Crippen LogP contribution is -2.47. The molecule has 1 aromatic rings. The highest BCUT2D eigenvalue weighted by Gasteiger charge is 2.51. The molecule has 0 radical (unpaired) electrons. The van der Waals surface area contributed by atoms with Crippen molar-refractivity contribution in [2.75, 3.05) is 12.0 Å². The molecule has 1 fully saturated rings. The minimum atomic E-state index is -4.67. The minimum absolute atomic E-state index is 0.00193. The molecule has 0 bridgehead atoms. The third-order valence-electron chi connectivity index (χ3n) is 3.99. The van der Waals surface area contributed by atoms with Gasteiger partial charge in [-0.15, -0.1) is 0 Å². The van der Waals surface area contributed by atoms with E-state index in [2.05, 4.69) is 9.72 Å². The fourth-order valence-electron chi connectivity index (χ4n) is 2.94. The van der Waals surface area contributed by atoms with E-state index in [9.17, 15) is 27.6 Å². The highest BCUT2D eigenvalue weighted by molar-refractivity contribution is 6.06. The maximum atomic E-state index is 13.2. The standard InChI is InChI=1S/C18H21F3N2O5/c1-9-6-10(18(19,20)21)7-12(22-9)23-13(24)8-11(15(25)27-5)14(23)16(26)28-17(2,3)4/h6-7,11,14H,8H2,1-5H3/t11-,14-/m0/s1. The minimum Gasteiger partial charge on any atom is -0.469 e. The lowest BCUT2D eigenvalue weighted by molar-refractivity contribution is -0.161. The molecule has 0 saturated carbocycles. The number of aromatic nitrogens is 1. The molecule has 1 aliphatic heterocycles.